The van der Waals surface area contributed by atoms with Crippen LogP contribution in [0.5, 0.6) is 0 Å². The van der Waals surface area contributed by atoms with Crippen molar-refractivity contribution in [3.8, 4) is 0 Å². The maximum Gasteiger partial charge on any atom is 0.228 e. The van der Waals surface area contributed by atoms with Gasteiger partial charge in [0.25, 0.3) is 0 Å². The summed E-state index contributed by atoms with van der Waals surface area (Å²) in [5.74, 6) is 0.0370. The Hall–Kier alpha value is -0.910. The molecule has 0 aliphatic carbocycles. The standard InChI is InChI=1S/C10H22N4O5S2/c1-10(2,9(11)12-15)13-4-6-14(7-5-13)21(18,19)8-20(3,16)17/h15H,4-8H2,1-3H3,(H2,11,12). The van der Waals surface area contributed by atoms with Gasteiger partial charge in [-0.3, -0.25) is 4.90 Å². The van der Waals surface area contributed by atoms with Crippen molar-refractivity contribution < 1.29 is 22.0 Å². The average Bonchev–Trinajstić information content (AvgIpc) is 2.35. The van der Waals surface area contributed by atoms with Crippen LogP contribution in [0, 0.1) is 0 Å². The van der Waals surface area contributed by atoms with Gasteiger partial charge in [0.1, 0.15) is 0 Å². The first-order chi connectivity index (χ1) is 9.40. The van der Waals surface area contributed by atoms with Crippen molar-refractivity contribution >= 4 is 25.7 Å². The molecule has 0 aromatic carbocycles. The predicted octanol–water partition coefficient (Wildman–Crippen LogP) is -1.54. The van der Waals surface area contributed by atoms with E-state index in [1.807, 2.05) is 4.90 Å². The molecular formula is C10H22N4O5S2. The third-order valence-corrected chi connectivity index (χ3v) is 7.58. The quantitative estimate of drug-likeness (QED) is 0.268. The van der Waals surface area contributed by atoms with E-state index < -0.39 is 30.5 Å². The van der Waals surface area contributed by atoms with E-state index >= 15 is 0 Å². The summed E-state index contributed by atoms with van der Waals surface area (Å²) >= 11 is 0. The Kier molecular flexibility index (Phi) is 5.24. The zero-order valence-corrected chi connectivity index (χ0v) is 14.0. The Morgan fingerprint density at radius 2 is 1.67 bits per heavy atom. The van der Waals surface area contributed by atoms with Crippen molar-refractivity contribution in [2.24, 2.45) is 10.9 Å². The van der Waals surface area contributed by atoms with Crippen molar-refractivity contribution in [3.05, 3.63) is 0 Å². The summed E-state index contributed by atoms with van der Waals surface area (Å²) in [7, 11) is -7.43. The summed E-state index contributed by atoms with van der Waals surface area (Å²) in [4.78, 5) is 1.88. The van der Waals surface area contributed by atoms with Crippen LogP contribution in [0.2, 0.25) is 0 Å². The highest BCUT2D eigenvalue weighted by molar-refractivity contribution is 8.06. The van der Waals surface area contributed by atoms with Gasteiger partial charge in [-0.15, -0.1) is 0 Å². The van der Waals surface area contributed by atoms with Crippen LogP contribution in [0.25, 0.3) is 0 Å². The molecule has 0 bridgehead atoms. The third kappa shape index (κ3) is 4.53. The van der Waals surface area contributed by atoms with Crippen molar-refractivity contribution in [2.75, 3.05) is 37.5 Å². The Balaban J connectivity index is 2.77. The summed E-state index contributed by atoms with van der Waals surface area (Å²) in [5.41, 5.74) is 4.93. The van der Waals surface area contributed by atoms with Crippen LogP contribution in [0.1, 0.15) is 13.8 Å². The fourth-order valence-electron chi connectivity index (χ4n) is 2.15. The molecule has 1 saturated heterocycles. The molecule has 3 N–H and O–H groups in total. The molecule has 9 nitrogen and oxygen atoms in total. The molecule has 1 aliphatic heterocycles. The maximum atomic E-state index is 12.0. The lowest BCUT2D eigenvalue weighted by atomic mass is 10.0. The Bertz CT molecular complexity index is 603. The van der Waals surface area contributed by atoms with Crippen molar-refractivity contribution in [1.82, 2.24) is 9.21 Å². The molecule has 0 aromatic heterocycles. The molecule has 1 aliphatic rings. The number of hydrogen-bond donors (Lipinski definition) is 2. The van der Waals surface area contributed by atoms with Crippen LogP contribution < -0.4 is 5.73 Å². The molecule has 1 rings (SSSR count). The predicted molar refractivity (Wildman–Crippen MR) is 79.3 cm³/mol. The summed E-state index contributed by atoms with van der Waals surface area (Å²) in [6.45, 7) is 4.60. The van der Waals surface area contributed by atoms with E-state index in [-0.39, 0.29) is 18.9 Å². The molecule has 1 heterocycles. The van der Waals surface area contributed by atoms with Crippen molar-refractivity contribution in [3.63, 3.8) is 0 Å². The smallest absolute Gasteiger partial charge is 0.228 e. The van der Waals surface area contributed by atoms with Gasteiger partial charge in [0, 0.05) is 32.4 Å². The number of sulfone groups is 1. The van der Waals surface area contributed by atoms with Gasteiger partial charge in [-0.05, 0) is 13.8 Å². The van der Waals surface area contributed by atoms with E-state index in [0.29, 0.717) is 13.1 Å². The van der Waals surface area contributed by atoms with E-state index in [4.69, 9.17) is 10.9 Å². The van der Waals surface area contributed by atoms with Crippen LogP contribution in [-0.2, 0) is 19.9 Å². The van der Waals surface area contributed by atoms with E-state index in [1.54, 1.807) is 13.8 Å². The van der Waals surface area contributed by atoms with E-state index in [1.165, 1.54) is 0 Å². The third-order valence-electron chi connectivity index (χ3n) is 3.52. The second-order valence-electron chi connectivity index (χ2n) is 5.59. The molecule has 0 radical (unpaired) electrons. The number of nitrogens with two attached hydrogens (primary N) is 1. The van der Waals surface area contributed by atoms with E-state index in [0.717, 1.165) is 10.6 Å². The minimum absolute atomic E-state index is 0.0370. The highest BCUT2D eigenvalue weighted by Gasteiger charge is 2.37. The number of rotatable bonds is 5. The zero-order chi connectivity index (χ0) is 16.5. The second kappa shape index (κ2) is 6.07. The first-order valence-corrected chi connectivity index (χ1v) is 9.96. The fraction of sp³-hybridized carbons (Fsp3) is 0.900. The molecule has 0 spiro atoms. The zero-order valence-electron chi connectivity index (χ0n) is 12.4. The average molecular weight is 342 g/mol. The Morgan fingerprint density at radius 1 is 1.19 bits per heavy atom. The van der Waals surface area contributed by atoms with Crippen LogP contribution in [0.4, 0.5) is 0 Å². The number of amidine groups is 1. The minimum Gasteiger partial charge on any atom is -0.409 e. The molecule has 124 valence electrons. The Labute approximate surface area is 125 Å². The highest BCUT2D eigenvalue weighted by Crippen LogP contribution is 2.19. The number of piperazine rings is 1. The SMILES string of the molecule is CC(C)(C(N)=NO)N1CCN(S(=O)(=O)CS(C)(=O)=O)CC1. The van der Waals surface area contributed by atoms with Gasteiger partial charge in [0.2, 0.25) is 10.0 Å². The molecule has 11 heteroatoms. The van der Waals surface area contributed by atoms with Gasteiger partial charge in [-0.25, -0.2) is 16.8 Å². The second-order valence-corrected chi connectivity index (χ2v) is 10.1. The summed E-state index contributed by atoms with van der Waals surface area (Å²) in [6.07, 6.45) is 0.891. The topological polar surface area (TPSA) is 133 Å². The number of sulfonamides is 1. The van der Waals surface area contributed by atoms with Crippen molar-refractivity contribution in [2.45, 2.75) is 19.4 Å². The van der Waals surface area contributed by atoms with E-state index in [9.17, 15) is 16.8 Å². The van der Waals surface area contributed by atoms with Gasteiger partial charge >= 0.3 is 0 Å². The monoisotopic (exact) mass is 342 g/mol. The number of oxime groups is 1. The van der Waals surface area contributed by atoms with Gasteiger partial charge in [-0.1, -0.05) is 5.16 Å². The van der Waals surface area contributed by atoms with Crippen LogP contribution in [-0.4, -0.2) is 80.1 Å². The first-order valence-electron chi connectivity index (χ1n) is 6.29. The molecule has 1 fully saturated rings. The summed E-state index contributed by atoms with van der Waals surface area (Å²) in [6, 6.07) is 0. The molecular weight excluding hydrogens is 320 g/mol. The van der Waals surface area contributed by atoms with Crippen molar-refractivity contribution in [1.29, 1.82) is 0 Å². The van der Waals surface area contributed by atoms with Crippen LogP contribution >= 0.6 is 0 Å². The first kappa shape index (κ1) is 18.1. The normalized spacial score (nSPS) is 20.6. The molecule has 0 amide bonds. The Morgan fingerprint density at radius 3 is 2.05 bits per heavy atom. The molecule has 0 unspecified atom stereocenters. The number of nitrogens with zero attached hydrogens (tertiary/aromatic N) is 3. The molecule has 0 aromatic rings. The maximum absolute atomic E-state index is 12.0. The van der Waals surface area contributed by atoms with Crippen LogP contribution in [0.15, 0.2) is 5.16 Å². The summed E-state index contributed by atoms with van der Waals surface area (Å²) < 4.78 is 47.5. The largest absolute Gasteiger partial charge is 0.409 e. The lowest BCUT2D eigenvalue weighted by molar-refractivity contribution is 0.119. The lowest BCUT2D eigenvalue weighted by Gasteiger charge is -2.42. The number of hydrogen-bond acceptors (Lipinski definition) is 7. The minimum atomic E-state index is -3.83. The highest BCUT2D eigenvalue weighted by atomic mass is 32.3. The molecule has 21 heavy (non-hydrogen) atoms. The van der Waals surface area contributed by atoms with Gasteiger partial charge < -0.3 is 10.9 Å². The molecule has 0 atom stereocenters. The lowest BCUT2D eigenvalue weighted by Crippen LogP contribution is -2.60. The molecule has 0 saturated carbocycles. The van der Waals surface area contributed by atoms with E-state index in [2.05, 4.69) is 5.16 Å². The van der Waals surface area contributed by atoms with Gasteiger partial charge in [-0.2, -0.15) is 4.31 Å². The van der Waals surface area contributed by atoms with Gasteiger partial charge in [0.05, 0.1) is 5.54 Å². The van der Waals surface area contributed by atoms with Gasteiger partial charge in [0.15, 0.2) is 20.8 Å². The summed E-state index contributed by atoms with van der Waals surface area (Å²) in [5, 5.41) is 10.9. The van der Waals surface area contributed by atoms with Crippen LogP contribution in [0.3, 0.4) is 0 Å². The fourth-order valence-corrected chi connectivity index (χ4v) is 5.63.